The summed E-state index contributed by atoms with van der Waals surface area (Å²) >= 11 is 14.6. The molecule has 0 unspecified atom stereocenters. The number of thioether (sulfide) groups is 1. The van der Waals surface area contributed by atoms with Gasteiger partial charge in [-0.1, -0.05) is 58.4 Å². The molecule has 2 aliphatic heterocycles. The molecular weight excluding hydrogens is 605 g/mol. The molecule has 3 atom stereocenters. The highest BCUT2D eigenvalue weighted by molar-refractivity contribution is 8.00. The van der Waals surface area contributed by atoms with Gasteiger partial charge in [0.25, 0.3) is 5.91 Å². The smallest absolute Gasteiger partial charge is 0.305 e. The number of amides is 3. The molecule has 1 aromatic heterocycles. The Hall–Kier alpha value is -3.57. The first kappa shape index (κ1) is 27.6. The van der Waals surface area contributed by atoms with Gasteiger partial charge in [0, 0.05) is 32.1 Å². The van der Waals surface area contributed by atoms with E-state index in [1.165, 1.54) is 16.7 Å². The Kier molecular flexibility index (Phi) is 7.41. The van der Waals surface area contributed by atoms with Crippen LogP contribution in [0.2, 0.25) is 10.0 Å². The molecular formula is C29H21Cl2N3O5S2. The van der Waals surface area contributed by atoms with E-state index in [1.807, 2.05) is 25.1 Å². The van der Waals surface area contributed by atoms with E-state index in [0.29, 0.717) is 42.6 Å². The molecule has 0 saturated carbocycles. The Morgan fingerprint density at radius 1 is 1.00 bits per heavy atom. The minimum absolute atomic E-state index is 0.302. The molecule has 208 valence electrons. The second kappa shape index (κ2) is 11.0. The van der Waals surface area contributed by atoms with Gasteiger partial charge in [-0.25, -0.2) is 4.90 Å². The number of aromatic amines is 1. The number of aryl methyl sites for hydroxylation is 1. The Balaban J connectivity index is 1.36. The van der Waals surface area contributed by atoms with Crippen LogP contribution in [-0.2, 0) is 14.4 Å². The molecule has 0 radical (unpaired) electrons. The SMILES string of the molecule is Cc1cccc(NC(=O)COc2ccc(Cl)cc2[C@@H]2c3sc(=O)[nH]c3S[C@H]3C(=O)N(c4ccc(Cl)cc4)C(=O)[C@@H]23)c1. The van der Waals surface area contributed by atoms with Gasteiger partial charge in [-0.15, -0.1) is 0 Å². The molecule has 12 heteroatoms. The van der Waals surface area contributed by atoms with E-state index in [1.54, 1.807) is 48.5 Å². The lowest BCUT2D eigenvalue weighted by Crippen LogP contribution is -2.32. The third-order valence-corrected chi connectivity index (χ3v) is 9.76. The largest absolute Gasteiger partial charge is 0.483 e. The molecule has 1 fully saturated rings. The van der Waals surface area contributed by atoms with E-state index >= 15 is 0 Å². The molecule has 41 heavy (non-hydrogen) atoms. The highest BCUT2D eigenvalue weighted by atomic mass is 35.5. The fraction of sp³-hybridized carbons (Fsp3) is 0.172. The van der Waals surface area contributed by atoms with Crippen molar-refractivity contribution in [3.63, 3.8) is 0 Å². The number of anilines is 2. The van der Waals surface area contributed by atoms with Crippen molar-refractivity contribution >= 4 is 75.4 Å². The van der Waals surface area contributed by atoms with Crippen LogP contribution in [0.3, 0.4) is 0 Å². The van der Waals surface area contributed by atoms with Gasteiger partial charge >= 0.3 is 4.87 Å². The number of carbonyl (C=O) groups excluding carboxylic acids is 3. The fourth-order valence-corrected chi connectivity index (χ4v) is 7.97. The zero-order chi connectivity index (χ0) is 28.8. The third kappa shape index (κ3) is 5.28. The second-order valence-electron chi connectivity index (χ2n) is 9.63. The van der Waals surface area contributed by atoms with Crippen LogP contribution in [-0.4, -0.2) is 34.6 Å². The van der Waals surface area contributed by atoms with Crippen molar-refractivity contribution in [3.8, 4) is 5.75 Å². The summed E-state index contributed by atoms with van der Waals surface area (Å²) in [5, 5.41) is 3.39. The molecule has 2 aliphatic rings. The Morgan fingerprint density at radius 2 is 1.76 bits per heavy atom. The van der Waals surface area contributed by atoms with E-state index in [0.717, 1.165) is 16.9 Å². The summed E-state index contributed by atoms with van der Waals surface area (Å²) in [6.07, 6.45) is 0. The number of rotatable bonds is 6. The van der Waals surface area contributed by atoms with Crippen LogP contribution in [0.15, 0.2) is 76.6 Å². The average molecular weight is 627 g/mol. The normalized spacial score (nSPS) is 19.6. The zero-order valence-electron chi connectivity index (χ0n) is 21.4. The molecule has 3 amide bonds. The predicted molar refractivity (Wildman–Crippen MR) is 161 cm³/mol. The summed E-state index contributed by atoms with van der Waals surface area (Å²) < 4.78 is 5.98. The van der Waals surface area contributed by atoms with Gasteiger partial charge in [0.2, 0.25) is 11.8 Å². The van der Waals surface area contributed by atoms with Gasteiger partial charge < -0.3 is 15.0 Å². The third-order valence-electron chi connectivity index (χ3n) is 6.88. The van der Waals surface area contributed by atoms with Crippen LogP contribution in [0, 0.1) is 12.8 Å². The molecule has 2 N–H and O–H groups in total. The van der Waals surface area contributed by atoms with Gasteiger partial charge in [-0.3, -0.25) is 19.2 Å². The maximum absolute atomic E-state index is 14.0. The van der Waals surface area contributed by atoms with Crippen LogP contribution in [0.4, 0.5) is 11.4 Å². The number of ether oxygens (including phenoxy) is 1. The average Bonchev–Trinajstić information content (AvgIpc) is 3.42. The van der Waals surface area contributed by atoms with Crippen molar-refractivity contribution in [2.24, 2.45) is 5.92 Å². The summed E-state index contributed by atoms with van der Waals surface area (Å²) in [7, 11) is 0. The maximum atomic E-state index is 14.0. The second-order valence-corrected chi connectivity index (χ2v) is 12.7. The number of thiazole rings is 1. The van der Waals surface area contributed by atoms with Crippen molar-refractivity contribution < 1.29 is 19.1 Å². The van der Waals surface area contributed by atoms with Gasteiger partial charge in [-0.05, 0) is 67.1 Å². The fourth-order valence-electron chi connectivity index (χ4n) is 5.15. The lowest BCUT2D eigenvalue weighted by molar-refractivity contribution is -0.122. The number of benzene rings is 3. The van der Waals surface area contributed by atoms with Crippen molar-refractivity contribution in [1.82, 2.24) is 4.98 Å². The van der Waals surface area contributed by atoms with E-state index in [4.69, 9.17) is 27.9 Å². The number of nitrogens with zero attached hydrogens (tertiary/aromatic N) is 1. The Bertz CT molecular complexity index is 1750. The quantitative estimate of drug-likeness (QED) is 0.260. The molecule has 1 saturated heterocycles. The van der Waals surface area contributed by atoms with Gasteiger partial charge in [0.15, 0.2) is 6.61 Å². The predicted octanol–water partition coefficient (Wildman–Crippen LogP) is 5.86. The summed E-state index contributed by atoms with van der Waals surface area (Å²) in [5.74, 6) is -2.42. The molecule has 0 spiro atoms. The molecule has 0 bridgehead atoms. The van der Waals surface area contributed by atoms with Crippen molar-refractivity contribution in [1.29, 1.82) is 0 Å². The number of nitrogens with one attached hydrogen (secondary N) is 2. The number of fused-ring (bicyclic) bond motifs is 2. The van der Waals surface area contributed by atoms with Crippen LogP contribution in [0.25, 0.3) is 0 Å². The number of aromatic nitrogens is 1. The lowest BCUT2D eigenvalue weighted by atomic mass is 9.82. The van der Waals surface area contributed by atoms with E-state index in [-0.39, 0.29) is 17.4 Å². The van der Waals surface area contributed by atoms with Crippen LogP contribution in [0.1, 0.15) is 21.9 Å². The van der Waals surface area contributed by atoms with Crippen molar-refractivity contribution in [2.45, 2.75) is 23.1 Å². The molecule has 6 rings (SSSR count). The first-order valence-electron chi connectivity index (χ1n) is 12.5. The zero-order valence-corrected chi connectivity index (χ0v) is 24.5. The van der Waals surface area contributed by atoms with E-state index in [9.17, 15) is 19.2 Å². The molecule has 4 aromatic rings. The van der Waals surface area contributed by atoms with Gasteiger partial charge in [-0.2, -0.15) is 0 Å². The van der Waals surface area contributed by atoms with Crippen molar-refractivity contribution in [2.75, 3.05) is 16.8 Å². The summed E-state index contributed by atoms with van der Waals surface area (Å²) in [6.45, 7) is 1.62. The van der Waals surface area contributed by atoms with Crippen LogP contribution in [0.5, 0.6) is 5.75 Å². The number of hydrogen-bond acceptors (Lipinski definition) is 7. The number of H-pyrrole nitrogens is 1. The van der Waals surface area contributed by atoms with E-state index < -0.39 is 28.9 Å². The highest BCUT2D eigenvalue weighted by Gasteiger charge is 2.56. The summed E-state index contributed by atoms with van der Waals surface area (Å²) in [4.78, 5) is 57.1. The number of carbonyl (C=O) groups is 3. The topological polar surface area (TPSA) is 109 Å². The summed E-state index contributed by atoms with van der Waals surface area (Å²) in [6, 6.07) is 18.8. The number of halogens is 2. The molecule has 0 aliphatic carbocycles. The lowest BCUT2D eigenvalue weighted by Gasteiger charge is -2.31. The number of hydrogen-bond donors (Lipinski definition) is 2. The minimum Gasteiger partial charge on any atom is -0.483 e. The van der Waals surface area contributed by atoms with Crippen LogP contribution < -0.4 is 19.8 Å². The van der Waals surface area contributed by atoms with Crippen molar-refractivity contribution in [3.05, 3.63) is 102 Å². The standard InChI is InChI=1S/C29H21Cl2N3O5S2/c1-14-3-2-4-17(11-14)32-21(35)13-39-20-10-7-16(31)12-19(20)22-23-25(40-26-24(22)41-29(38)33-26)28(37)34(27(23)36)18-8-5-15(30)6-9-18/h2-12,22-23,25H,13H2,1H3,(H,32,35)(H,33,38)/t22-,23-,25+/m0/s1. The van der Waals surface area contributed by atoms with E-state index in [2.05, 4.69) is 10.3 Å². The first-order chi connectivity index (χ1) is 19.7. The highest BCUT2D eigenvalue weighted by Crippen LogP contribution is 2.54. The van der Waals surface area contributed by atoms with Gasteiger partial charge in [0.05, 0.1) is 16.6 Å². The summed E-state index contributed by atoms with van der Waals surface area (Å²) in [5.41, 5.74) is 2.55. The number of imide groups is 1. The molecule has 3 aromatic carbocycles. The van der Waals surface area contributed by atoms with Crippen LogP contribution >= 0.6 is 46.3 Å². The Morgan fingerprint density at radius 3 is 2.51 bits per heavy atom. The minimum atomic E-state index is -0.843. The maximum Gasteiger partial charge on any atom is 0.305 e. The molecule has 8 nitrogen and oxygen atoms in total. The molecule has 3 heterocycles. The Labute approximate surface area is 252 Å². The van der Waals surface area contributed by atoms with Gasteiger partial charge in [0.1, 0.15) is 11.0 Å². The monoisotopic (exact) mass is 625 g/mol. The first-order valence-corrected chi connectivity index (χ1v) is 15.0.